The molecule has 5 unspecified atom stereocenters. The average Bonchev–Trinajstić information content (AvgIpc) is 3.33. The van der Waals surface area contributed by atoms with Gasteiger partial charge >= 0.3 is 0 Å². The van der Waals surface area contributed by atoms with E-state index in [1.54, 1.807) is 24.5 Å². The number of Topliss-reactive ketones (excluding diaryl/α,β-unsaturated/α-hetero) is 1. The van der Waals surface area contributed by atoms with Gasteiger partial charge in [-0.25, -0.2) is 4.98 Å². The van der Waals surface area contributed by atoms with Crippen LogP contribution >= 0.6 is 11.8 Å². The summed E-state index contributed by atoms with van der Waals surface area (Å²) >= 11 is 1.31. The van der Waals surface area contributed by atoms with Crippen LogP contribution in [0.1, 0.15) is 46.5 Å². The lowest BCUT2D eigenvalue weighted by atomic mass is 9.46. The molecule has 4 aliphatic rings. The molecule has 4 aliphatic carbocycles. The highest BCUT2D eigenvalue weighted by Crippen LogP contribution is 2.68. The Kier molecular flexibility index (Phi) is 5.12. The van der Waals surface area contributed by atoms with Crippen LogP contribution in [0.25, 0.3) is 0 Å². The van der Waals surface area contributed by atoms with E-state index < -0.39 is 17.1 Å². The molecule has 6 nitrogen and oxygen atoms in total. The first-order chi connectivity index (χ1) is 15.1. The molecule has 0 saturated heterocycles. The second-order valence-corrected chi connectivity index (χ2v) is 11.7. The molecule has 172 valence electrons. The lowest BCUT2D eigenvalue weighted by Crippen LogP contribution is -2.62. The summed E-state index contributed by atoms with van der Waals surface area (Å²) in [7, 11) is 0. The monoisotopic (exact) mass is 456 g/mol. The fourth-order valence-electron chi connectivity index (χ4n) is 7.83. The van der Waals surface area contributed by atoms with E-state index in [1.165, 1.54) is 11.8 Å². The van der Waals surface area contributed by atoms with Gasteiger partial charge in [-0.15, -0.1) is 0 Å². The number of carbonyl (C=O) groups is 2. The summed E-state index contributed by atoms with van der Waals surface area (Å²) in [5.41, 5.74) is -1.39. The molecule has 0 amide bonds. The second-order valence-electron chi connectivity index (χ2n) is 10.7. The number of nitrogens with one attached hydrogen (secondary N) is 1. The molecule has 1 aromatic rings. The summed E-state index contributed by atoms with van der Waals surface area (Å²) in [6, 6.07) is 0. The molecule has 0 aliphatic heterocycles. The van der Waals surface area contributed by atoms with E-state index in [4.69, 9.17) is 0 Å². The third kappa shape index (κ3) is 2.90. The van der Waals surface area contributed by atoms with Crippen molar-refractivity contribution in [2.45, 2.75) is 63.3 Å². The lowest BCUT2D eigenvalue weighted by molar-refractivity contribution is -0.179. The van der Waals surface area contributed by atoms with Gasteiger partial charge in [0, 0.05) is 29.1 Å². The van der Waals surface area contributed by atoms with Crippen molar-refractivity contribution in [3.8, 4) is 0 Å². The van der Waals surface area contributed by atoms with Crippen molar-refractivity contribution in [2.75, 3.05) is 5.75 Å². The highest BCUT2D eigenvalue weighted by Gasteiger charge is 2.70. The predicted octanol–water partition coefficient (Wildman–Crippen LogP) is 3.33. The summed E-state index contributed by atoms with van der Waals surface area (Å²) in [4.78, 5) is 32.6. The van der Waals surface area contributed by atoms with Crippen LogP contribution in [-0.2, 0) is 9.59 Å². The Hall–Kier alpha value is -1.70. The van der Waals surface area contributed by atoms with Crippen LogP contribution in [0.5, 0.6) is 0 Å². The number of aromatic amines is 1. The van der Waals surface area contributed by atoms with E-state index in [-0.39, 0.29) is 46.4 Å². The van der Waals surface area contributed by atoms with Crippen molar-refractivity contribution >= 4 is 23.3 Å². The Morgan fingerprint density at radius 3 is 2.88 bits per heavy atom. The standard InChI is InChI=1S/C25H32N2O4S/c1-14-10-18-17-5-4-15-11-16(28)6-7-23(15,2)21(17)19(29)12-24(18,3)25(14,31)20(30)13-32-22-26-8-9-27-22/h6-9,11,14,17-19,21,29,31H,4-5,10,12-13H2,1-3H3,(H,26,27)/t14-,17?,18?,19+,21?,23?,24?,25+/m1/s1. The number of hydrogen-bond donors (Lipinski definition) is 3. The lowest BCUT2D eigenvalue weighted by Gasteiger charge is -2.59. The summed E-state index contributed by atoms with van der Waals surface area (Å²) < 4.78 is 0. The Labute approximate surface area is 193 Å². The Bertz CT molecular complexity index is 1000. The molecule has 8 atom stereocenters. The number of nitrogens with zero attached hydrogens (tertiary/aromatic N) is 1. The molecule has 5 rings (SSSR count). The van der Waals surface area contributed by atoms with Gasteiger partial charge in [0.05, 0.1) is 11.9 Å². The molecule has 0 aromatic carbocycles. The first-order valence-corrected chi connectivity index (χ1v) is 12.6. The fraction of sp³-hybridized carbons (Fsp3) is 0.640. The summed E-state index contributed by atoms with van der Waals surface area (Å²) in [6.07, 6.45) is 11.0. The van der Waals surface area contributed by atoms with Crippen molar-refractivity contribution in [3.05, 3.63) is 36.2 Å². The Morgan fingerprint density at radius 2 is 2.16 bits per heavy atom. The third-order valence-corrected chi connectivity index (χ3v) is 10.2. The molecule has 32 heavy (non-hydrogen) atoms. The van der Waals surface area contributed by atoms with E-state index in [1.807, 2.05) is 19.9 Å². The van der Waals surface area contributed by atoms with Crippen LogP contribution in [0.2, 0.25) is 0 Å². The van der Waals surface area contributed by atoms with Gasteiger partial charge in [0.25, 0.3) is 0 Å². The maximum atomic E-state index is 13.5. The minimum Gasteiger partial charge on any atom is -0.393 e. The van der Waals surface area contributed by atoms with Crippen molar-refractivity contribution in [3.63, 3.8) is 0 Å². The Balaban J connectivity index is 1.46. The minimum atomic E-state index is -1.47. The molecule has 3 N–H and O–H groups in total. The zero-order chi connectivity index (χ0) is 22.9. The average molecular weight is 457 g/mol. The summed E-state index contributed by atoms with van der Waals surface area (Å²) in [5, 5.41) is 24.1. The number of thioether (sulfide) groups is 1. The fourth-order valence-corrected chi connectivity index (χ4v) is 8.60. The van der Waals surface area contributed by atoms with Gasteiger partial charge in [-0.2, -0.15) is 0 Å². The molecule has 0 spiro atoms. The SMILES string of the molecule is C[C@@H]1CC2C3CCC4=CC(=O)C=CC4(C)C3[C@@H](O)CC2(C)[C@@]1(O)C(=O)CSc1ncc[nH]1. The molecular weight excluding hydrogens is 424 g/mol. The zero-order valence-electron chi connectivity index (χ0n) is 18.9. The first-order valence-electron chi connectivity index (χ1n) is 11.6. The first kappa shape index (κ1) is 22.1. The quantitative estimate of drug-likeness (QED) is 0.601. The molecule has 7 heteroatoms. The number of rotatable bonds is 4. The third-order valence-electron chi connectivity index (χ3n) is 9.32. The van der Waals surface area contributed by atoms with Crippen LogP contribution in [0.3, 0.4) is 0 Å². The molecule has 3 fully saturated rings. The minimum absolute atomic E-state index is 0.00734. The number of fused-ring (bicyclic) bond motifs is 5. The predicted molar refractivity (Wildman–Crippen MR) is 122 cm³/mol. The van der Waals surface area contributed by atoms with Crippen LogP contribution in [-0.4, -0.2) is 49.2 Å². The maximum Gasteiger partial charge on any atom is 0.178 e. The summed E-state index contributed by atoms with van der Waals surface area (Å²) in [6.45, 7) is 6.14. The number of carbonyl (C=O) groups excluding carboxylic acids is 2. The van der Waals surface area contributed by atoms with Crippen molar-refractivity contribution in [1.29, 1.82) is 0 Å². The normalized spacial score (nSPS) is 45.1. The molecule has 3 saturated carbocycles. The van der Waals surface area contributed by atoms with Crippen LogP contribution < -0.4 is 0 Å². The molecule has 1 heterocycles. The van der Waals surface area contributed by atoms with Gasteiger partial charge in [0.15, 0.2) is 16.7 Å². The second kappa shape index (κ2) is 7.40. The highest BCUT2D eigenvalue weighted by molar-refractivity contribution is 7.99. The van der Waals surface area contributed by atoms with Gasteiger partial charge in [-0.1, -0.05) is 44.2 Å². The van der Waals surface area contributed by atoms with Gasteiger partial charge in [0.2, 0.25) is 0 Å². The van der Waals surface area contributed by atoms with Crippen molar-refractivity contribution < 1.29 is 19.8 Å². The highest BCUT2D eigenvalue weighted by atomic mass is 32.2. The Morgan fingerprint density at radius 1 is 1.38 bits per heavy atom. The van der Waals surface area contributed by atoms with E-state index in [0.717, 1.165) is 24.8 Å². The number of imidazole rings is 1. The molecule has 0 radical (unpaired) electrons. The van der Waals surface area contributed by atoms with Crippen molar-refractivity contribution in [2.24, 2.45) is 34.5 Å². The zero-order valence-corrected chi connectivity index (χ0v) is 19.7. The van der Waals surface area contributed by atoms with Gasteiger partial charge in [-0.3, -0.25) is 9.59 Å². The van der Waals surface area contributed by atoms with Gasteiger partial charge in [-0.05, 0) is 55.6 Å². The number of H-pyrrole nitrogens is 1. The number of allylic oxidation sites excluding steroid dienone is 4. The van der Waals surface area contributed by atoms with E-state index in [0.29, 0.717) is 11.6 Å². The molecular formula is C25H32N2O4S. The van der Waals surface area contributed by atoms with Crippen molar-refractivity contribution in [1.82, 2.24) is 9.97 Å². The van der Waals surface area contributed by atoms with E-state index >= 15 is 0 Å². The topological polar surface area (TPSA) is 103 Å². The van der Waals surface area contributed by atoms with Crippen LogP contribution in [0.15, 0.2) is 41.4 Å². The largest absolute Gasteiger partial charge is 0.393 e. The summed E-state index contributed by atoms with van der Waals surface area (Å²) in [5.74, 6) is 0.162. The number of ketones is 2. The number of aliphatic hydroxyl groups is 2. The number of aromatic nitrogens is 2. The maximum absolute atomic E-state index is 13.5. The molecule has 1 aromatic heterocycles. The van der Waals surface area contributed by atoms with Crippen LogP contribution in [0.4, 0.5) is 0 Å². The molecule has 0 bridgehead atoms. The smallest absolute Gasteiger partial charge is 0.178 e. The van der Waals surface area contributed by atoms with E-state index in [9.17, 15) is 19.8 Å². The van der Waals surface area contributed by atoms with Gasteiger partial charge < -0.3 is 15.2 Å². The van der Waals surface area contributed by atoms with E-state index in [2.05, 4.69) is 16.9 Å². The van der Waals surface area contributed by atoms with Gasteiger partial charge in [0.1, 0.15) is 5.60 Å². The number of aliphatic hydroxyl groups excluding tert-OH is 1. The van der Waals surface area contributed by atoms with Crippen LogP contribution in [0, 0.1) is 34.5 Å². The number of hydrogen-bond acceptors (Lipinski definition) is 6.